The Morgan fingerprint density at radius 3 is 2.53 bits per heavy atom. The van der Waals surface area contributed by atoms with Crippen LogP contribution in [0, 0.1) is 11.3 Å². The second-order valence-electron chi connectivity index (χ2n) is 9.19. The maximum Gasteiger partial charge on any atom is 0.332 e. The van der Waals surface area contributed by atoms with E-state index in [1.807, 2.05) is 57.0 Å². The lowest BCUT2D eigenvalue weighted by Gasteiger charge is -2.27. The van der Waals surface area contributed by atoms with Gasteiger partial charge in [0.05, 0.1) is 23.3 Å². The maximum atomic E-state index is 13.6. The lowest BCUT2D eigenvalue weighted by Crippen LogP contribution is -2.44. The number of hydrogen-bond donors (Lipinski definition) is 1. The van der Waals surface area contributed by atoms with Crippen LogP contribution >= 0.6 is 0 Å². The second-order valence-corrected chi connectivity index (χ2v) is 9.19. The molecule has 0 amide bonds. The average Bonchev–Trinajstić information content (AvgIpc) is 3.19. The summed E-state index contributed by atoms with van der Waals surface area (Å²) in [5.74, 6) is 0.558. The molecule has 10 heteroatoms. The van der Waals surface area contributed by atoms with Gasteiger partial charge in [-0.3, -0.25) is 13.9 Å². The Kier molecular flexibility index (Phi) is 5.75. The van der Waals surface area contributed by atoms with Gasteiger partial charge >= 0.3 is 5.69 Å². The predicted molar refractivity (Wildman–Crippen MR) is 132 cm³/mol. The zero-order valence-electron chi connectivity index (χ0n) is 20.0. The van der Waals surface area contributed by atoms with Crippen LogP contribution in [0.5, 0.6) is 0 Å². The van der Waals surface area contributed by atoms with E-state index in [9.17, 15) is 14.9 Å². The minimum atomic E-state index is -0.523. The molecule has 0 saturated carbocycles. The first kappa shape index (κ1) is 23.2. The summed E-state index contributed by atoms with van der Waals surface area (Å²) in [5.41, 5.74) is 6.71. The van der Waals surface area contributed by atoms with Crippen LogP contribution in [-0.2, 0) is 20.1 Å². The third-order valence-electron chi connectivity index (χ3n) is 5.75. The number of aryl methyl sites for hydroxylation is 2. The van der Waals surface area contributed by atoms with E-state index in [2.05, 4.69) is 16.0 Å². The number of imidazole rings is 1. The van der Waals surface area contributed by atoms with Gasteiger partial charge in [0.25, 0.3) is 5.56 Å². The first-order chi connectivity index (χ1) is 16.1. The first-order valence-electron chi connectivity index (χ1n) is 11.0. The lowest BCUT2D eigenvalue weighted by molar-refractivity contribution is 0.511. The predicted octanol–water partition coefficient (Wildman–Crippen LogP) is 1.56. The number of likely N-dealkylation sites (N-methyl/N-ethyl adjacent to an activating group) is 1. The molecule has 0 spiro atoms. The van der Waals surface area contributed by atoms with E-state index in [0.717, 1.165) is 9.95 Å². The number of aromatic nitrogens is 5. The molecule has 0 atom stereocenters. The molecule has 10 nitrogen and oxygen atoms in total. The van der Waals surface area contributed by atoms with Crippen LogP contribution in [0.25, 0.3) is 22.1 Å². The minimum Gasteiger partial charge on any atom is -0.343 e. The molecule has 176 valence electrons. The Bertz CT molecular complexity index is 1560. The molecule has 3 aromatic heterocycles. The molecule has 4 rings (SSSR count). The zero-order chi connectivity index (χ0) is 24.8. The highest BCUT2D eigenvalue weighted by molar-refractivity contribution is 5.80. The van der Waals surface area contributed by atoms with Crippen molar-refractivity contribution in [1.29, 1.82) is 5.26 Å². The highest BCUT2D eigenvalue weighted by atomic mass is 16.2. The molecule has 0 radical (unpaired) electrons. The third kappa shape index (κ3) is 3.95. The quantitative estimate of drug-likeness (QED) is 0.462. The number of fused-ring (bicyclic) bond motifs is 2. The molecule has 0 unspecified atom stereocenters. The minimum absolute atomic E-state index is 0.120. The highest BCUT2D eigenvalue weighted by Gasteiger charge is 2.24. The Morgan fingerprint density at radius 1 is 1.18 bits per heavy atom. The van der Waals surface area contributed by atoms with Gasteiger partial charge in [0.1, 0.15) is 6.07 Å². The molecular formula is C24H28N8O2. The van der Waals surface area contributed by atoms with E-state index in [0.29, 0.717) is 47.0 Å². The standard InChI is InChI=1S/C24H28N8O2/c1-6-31-19-20(28-22(31)29(4)14-24(2,3)26)30(5)23(34)32(21(19)33)13-18-16(12-25)11-15-9-7-8-10-17(15)27-18/h7-11H,6,13-14,26H2,1-5H3. The second kappa shape index (κ2) is 8.43. The summed E-state index contributed by atoms with van der Waals surface area (Å²) in [4.78, 5) is 37.9. The van der Waals surface area contributed by atoms with Gasteiger partial charge in [0, 0.05) is 38.1 Å². The van der Waals surface area contributed by atoms with Gasteiger partial charge in [-0.15, -0.1) is 0 Å². The number of nitrogens with two attached hydrogens (primary N) is 1. The molecular weight excluding hydrogens is 432 g/mol. The highest BCUT2D eigenvalue weighted by Crippen LogP contribution is 2.21. The summed E-state index contributed by atoms with van der Waals surface area (Å²) >= 11 is 0. The number of benzene rings is 1. The number of para-hydroxylation sites is 1. The summed E-state index contributed by atoms with van der Waals surface area (Å²) in [5, 5.41) is 10.5. The molecule has 34 heavy (non-hydrogen) atoms. The van der Waals surface area contributed by atoms with Crippen molar-refractivity contribution in [3.05, 3.63) is 62.4 Å². The molecule has 0 aliphatic rings. The first-order valence-corrected chi connectivity index (χ1v) is 11.0. The Labute approximate surface area is 196 Å². The van der Waals surface area contributed by atoms with Crippen molar-refractivity contribution in [2.24, 2.45) is 12.8 Å². The van der Waals surface area contributed by atoms with Crippen molar-refractivity contribution >= 4 is 28.0 Å². The van der Waals surface area contributed by atoms with Gasteiger partial charge < -0.3 is 15.2 Å². The van der Waals surface area contributed by atoms with Crippen molar-refractivity contribution in [2.45, 2.75) is 39.4 Å². The monoisotopic (exact) mass is 460 g/mol. The smallest absolute Gasteiger partial charge is 0.332 e. The maximum absolute atomic E-state index is 13.6. The molecule has 0 aliphatic heterocycles. The Hall–Kier alpha value is -3.97. The summed E-state index contributed by atoms with van der Waals surface area (Å²) < 4.78 is 4.27. The van der Waals surface area contributed by atoms with Crippen LogP contribution in [0.2, 0.25) is 0 Å². The molecule has 3 heterocycles. The molecule has 0 fully saturated rings. The normalized spacial score (nSPS) is 11.8. The van der Waals surface area contributed by atoms with E-state index in [-0.39, 0.29) is 6.54 Å². The number of hydrogen-bond acceptors (Lipinski definition) is 7. The van der Waals surface area contributed by atoms with Crippen LogP contribution in [-0.4, -0.2) is 42.8 Å². The fourth-order valence-electron chi connectivity index (χ4n) is 4.30. The van der Waals surface area contributed by atoms with Crippen LogP contribution in [0.4, 0.5) is 5.95 Å². The van der Waals surface area contributed by atoms with E-state index in [1.54, 1.807) is 17.7 Å². The van der Waals surface area contributed by atoms with Gasteiger partial charge in [-0.2, -0.15) is 10.2 Å². The lowest BCUT2D eigenvalue weighted by atomic mass is 10.1. The Balaban J connectivity index is 1.92. The summed E-state index contributed by atoms with van der Waals surface area (Å²) in [7, 11) is 3.44. The van der Waals surface area contributed by atoms with Crippen molar-refractivity contribution < 1.29 is 0 Å². The largest absolute Gasteiger partial charge is 0.343 e. The number of nitriles is 1. The summed E-state index contributed by atoms with van der Waals surface area (Å²) in [6.07, 6.45) is 0. The molecule has 0 bridgehead atoms. The van der Waals surface area contributed by atoms with E-state index in [1.165, 1.54) is 4.57 Å². The fourth-order valence-corrected chi connectivity index (χ4v) is 4.30. The number of pyridine rings is 1. The van der Waals surface area contributed by atoms with Crippen LogP contribution in [0.1, 0.15) is 32.0 Å². The molecule has 1 aromatic carbocycles. The van der Waals surface area contributed by atoms with Gasteiger partial charge in [-0.1, -0.05) is 18.2 Å². The van der Waals surface area contributed by atoms with Crippen LogP contribution in [0.15, 0.2) is 39.9 Å². The van der Waals surface area contributed by atoms with E-state index < -0.39 is 16.8 Å². The molecule has 4 aromatic rings. The average molecular weight is 461 g/mol. The third-order valence-corrected chi connectivity index (χ3v) is 5.75. The summed E-state index contributed by atoms with van der Waals surface area (Å²) in [6.45, 7) is 6.60. The number of anilines is 1. The molecule has 0 aliphatic carbocycles. The molecule has 0 saturated heterocycles. The topological polar surface area (TPSA) is 128 Å². The SMILES string of the molecule is CCn1c(N(C)CC(C)(C)N)nc2c1c(=O)n(Cc1nc3ccccc3cc1C#N)c(=O)n2C. The molecule has 2 N–H and O–H groups in total. The van der Waals surface area contributed by atoms with Crippen molar-refractivity contribution in [3.8, 4) is 6.07 Å². The van der Waals surface area contributed by atoms with Crippen LogP contribution in [0.3, 0.4) is 0 Å². The van der Waals surface area contributed by atoms with E-state index >= 15 is 0 Å². The van der Waals surface area contributed by atoms with Crippen molar-refractivity contribution in [1.82, 2.24) is 23.7 Å². The summed E-state index contributed by atoms with van der Waals surface area (Å²) in [6, 6.07) is 11.3. The van der Waals surface area contributed by atoms with Crippen molar-refractivity contribution in [2.75, 3.05) is 18.5 Å². The van der Waals surface area contributed by atoms with Gasteiger partial charge in [-0.05, 0) is 32.9 Å². The fraction of sp³-hybridized carbons (Fsp3) is 0.375. The van der Waals surface area contributed by atoms with Gasteiger partial charge in [0.15, 0.2) is 11.2 Å². The van der Waals surface area contributed by atoms with Gasteiger partial charge in [-0.25, -0.2) is 9.78 Å². The van der Waals surface area contributed by atoms with Crippen molar-refractivity contribution in [3.63, 3.8) is 0 Å². The van der Waals surface area contributed by atoms with Gasteiger partial charge in [0.2, 0.25) is 5.95 Å². The number of nitrogens with zero attached hydrogens (tertiary/aromatic N) is 7. The van der Waals surface area contributed by atoms with Crippen LogP contribution < -0.4 is 21.9 Å². The van der Waals surface area contributed by atoms with E-state index in [4.69, 9.17) is 5.73 Å². The Morgan fingerprint density at radius 2 is 1.88 bits per heavy atom. The zero-order valence-corrected chi connectivity index (χ0v) is 20.0. The number of rotatable bonds is 6.